The number of urea groups is 1. The summed E-state index contributed by atoms with van der Waals surface area (Å²) in [6.07, 6.45) is 2.44. The van der Waals surface area contributed by atoms with Gasteiger partial charge in [-0.15, -0.1) is 11.3 Å². The summed E-state index contributed by atoms with van der Waals surface area (Å²) in [6, 6.07) is -0.0667. The van der Waals surface area contributed by atoms with Crippen molar-refractivity contribution in [2.75, 3.05) is 13.1 Å². The summed E-state index contributed by atoms with van der Waals surface area (Å²) >= 11 is 1.59. The number of nitrogens with one attached hydrogen (secondary N) is 1. The molecule has 1 aliphatic heterocycles. The van der Waals surface area contributed by atoms with Crippen molar-refractivity contribution < 1.29 is 14.7 Å². The molecule has 2 rings (SSSR count). The minimum atomic E-state index is -0.837. The highest BCUT2D eigenvalue weighted by Gasteiger charge is 2.31. The van der Waals surface area contributed by atoms with Crippen LogP contribution in [0.25, 0.3) is 0 Å². The van der Waals surface area contributed by atoms with Gasteiger partial charge < -0.3 is 15.3 Å². The number of hydrogen-bond donors (Lipinski definition) is 2. The van der Waals surface area contributed by atoms with Crippen LogP contribution >= 0.6 is 11.3 Å². The number of aliphatic carboxylic acids is 1. The average Bonchev–Trinajstić information content (AvgIpc) is 3.02. The monoisotopic (exact) mass is 297 g/mol. The van der Waals surface area contributed by atoms with Gasteiger partial charge in [-0.05, 0) is 26.2 Å². The van der Waals surface area contributed by atoms with Gasteiger partial charge in [0.2, 0.25) is 0 Å². The SMILES string of the molecule is Cc1nc([C@H]2CCCN2C(=O)NCCCC(=O)O)cs1. The zero-order valence-electron chi connectivity index (χ0n) is 11.5. The molecule has 1 aliphatic rings. The Morgan fingerprint density at radius 1 is 1.60 bits per heavy atom. The van der Waals surface area contributed by atoms with Gasteiger partial charge in [-0.1, -0.05) is 0 Å². The first-order chi connectivity index (χ1) is 9.58. The zero-order valence-corrected chi connectivity index (χ0v) is 12.3. The first kappa shape index (κ1) is 14.8. The molecule has 0 spiro atoms. The summed E-state index contributed by atoms with van der Waals surface area (Å²) < 4.78 is 0. The molecule has 0 radical (unpaired) electrons. The number of amides is 2. The summed E-state index contributed by atoms with van der Waals surface area (Å²) in [5.41, 5.74) is 0.964. The molecule has 7 heteroatoms. The van der Waals surface area contributed by atoms with Gasteiger partial charge in [0.1, 0.15) is 0 Å². The number of thiazole rings is 1. The summed E-state index contributed by atoms with van der Waals surface area (Å²) in [5, 5.41) is 14.4. The van der Waals surface area contributed by atoms with Gasteiger partial charge in [-0.2, -0.15) is 0 Å². The van der Waals surface area contributed by atoms with Crippen LogP contribution in [0.3, 0.4) is 0 Å². The normalized spacial score (nSPS) is 18.2. The van der Waals surface area contributed by atoms with E-state index in [2.05, 4.69) is 10.3 Å². The van der Waals surface area contributed by atoms with Gasteiger partial charge >= 0.3 is 12.0 Å². The fourth-order valence-corrected chi connectivity index (χ4v) is 3.05. The number of aryl methyl sites for hydroxylation is 1. The lowest BCUT2D eigenvalue weighted by Gasteiger charge is -2.23. The fraction of sp³-hybridized carbons (Fsp3) is 0.615. The van der Waals surface area contributed by atoms with Crippen molar-refractivity contribution in [1.29, 1.82) is 0 Å². The summed E-state index contributed by atoms with van der Waals surface area (Å²) in [6.45, 7) is 3.08. The third-order valence-electron chi connectivity index (χ3n) is 3.34. The molecule has 6 nitrogen and oxygen atoms in total. The minimum Gasteiger partial charge on any atom is -0.481 e. The number of carboxylic acid groups (broad SMARTS) is 1. The van der Waals surface area contributed by atoms with E-state index in [1.54, 1.807) is 16.2 Å². The Bertz CT molecular complexity index is 489. The summed E-state index contributed by atoms with van der Waals surface area (Å²) in [4.78, 5) is 28.8. The highest BCUT2D eigenvalue weighted by atomic mass is 32.1. The van der Waals surface area contributed by atoms with Gasteiger partial charge in [0.05, 0.1) is 16.7 Å². The van der Waals surface area contributed by atoms with Crippen molar-refractivity contribution in [3.8, 4) is 0 Å². The van der Waals surface area contributed by atoms with Crippen molar-refractivity contribution >= 4 is 23.3 Å². The van der Waals surface area contributed by atoms with Crippen molar-refractivity contribution in [2.45, 2.75) is 38.6 Å². The second kappa shape index (κ2) is 6.69. The van der Waals surface area contributed by atoms with Gasteiger partial charge in [0.15, 0.2) is 0 Å². The Labute approximate surface area is 121 Å². The molecule has 0 aliphatic carbocycles. The van der Waals surface area contributed by atoms with E-state index in [1.165, 1.54) is 0 Å². The lowest BCUT2D eigenvalue weighted by atomic mass is 10.2. The molecule has 2 amide bonds. The molecular weight excluding hydrogens is 278 g/mol. The van der Waals surface area contributed by atoms with E-state index in [0.717, 1.165) is 30.1 Å². The minimum absolute atomic E-state index is 0.0550. The second-order valence-electron chi connectivity index (χ2n) is 4.87. The van der Waals surface area contributed by atoms with E-state index in [-0.39, 0.29) is 18.5 Å². The number of carbonyl (C=O) groups is 2. The molecule has 0 aromatic carbocycles. The molecular formula is C13H19N3O3S. The Balaban J connectivity index is 1.87. The topological polar surface area (TPSA) is 82.5 Å². The molecule has 0 unspecified atom stereocenters. The molecule has 0 saturated carbocycles. The molecule has 1 atom stereocenters. The Hall–Kier alpha value is -1.63. The van der Waals surface area contributed by atoms with Crippen LogP contribution in [-0.4, -0.2) is 40.1 Å². The van der Waals surface area contributed by atoms with Gasteiger partial charge in [0, 0.05) is 24.9 Å². The van der Waals surface area contributed by atoms with E-state index < -0.39 is 5.97 Å². The molecule has 20 heavy (non-hydrogen) atoms. The lowest BCUT2D eigenvalue weighted by molar-refractivity contribution is -0.137. The van der Waals surface area contributed by atoms with E-state index in [4.69, 9.17) is 5.11 Å². The second-order valence-corrected chi connectivity index (χ2v) is 5.93. The third kappa shape index (κ3) is 3.69. The maximum absolute atomic E-state index is 12.1. The van der Waals surface area contributed by atoms with Crippen molar-refractivity contribution in [3.05, 3.63) is 16.1 Å². The molecule has 1 aromatic rings. The van der Waals surface area contributed by atoms with Crippen molar-refractivity contribution in [2.24, 2.45) is 0 Å². The van der Waals surface area contributed by atoms with Gasteiger partial charge in [-0.3, -0.25) is 4.79 Å². The zero-order chi connectivity index (χ0) is 14.5. The first-order valence-corrected chi connectivity index (χ1v) is 7.64. The quantitative estimate of drug-likeness (QED) is 0.816. The fourth-order valence-electron chi connectivity index (χ4n) is 2.39. The van der Waals surface area contributed by atoms with Crippen LogP contribution in [-0.2, 0) is 4.79 Å². The van der Waals surface area contributed by atoms with E-state index in [0.29, 0.717) is 13.0 Å². The van der Waals surface area contributed by atoms with Crippen LogP contribution in [0.1, 0.15) is 42.4 Å². The highest BCUT2D eigenvalue weighted by Crippen LogP contribution is 2.32. The van der Waals surface area contributed by atoms with Crippen LogP contribution in [0.4, 0.5) is 4.79 Å². The van der Waals surface area contributed by atoms with Crippen molar-refractivity contribution in [3.63, 3.8) is 0 Å². The smallest absolute Gasteiger partial charge is 0.317 e. The maximum atomic E-state index is 12.1. The van der Waals surface area contributed by atoms with Crippen LogP contribution in [0.2, 0.25) is 0 Å². The van der Waals surface area contributed by atoms with E-state index in [1.807, 2.05) is 12.3 Å². The van der Waals surface area contributed by atoms with Gasteiger partial charge in [0.25, 0.3) is 0 Å². The third-order valence-corrected chi connectivity index (χ3v) is 4.13. The molecule has 1 aromatic heterocycles. The van der Waals surface area contributed by atoms with Crippen molar-refractivity contribution in [1.82, 2.24) is 15.2 Å². The predicted octanol–water partition coefficient (Wildman–Crippen LogP) is 2.16. The molecule has 2 heterocycles. The van der Waals surface area contributed by atoms with E-state index >= 15 is 0 Å². The number of nitrogens with zero attached hydrogens (tertiary/aromatic N) is 2. The summed E-state index contributed by atoms with van der Waals surface area (Å²) in [5.74, 6) is -0.837. The van der Waals surface area contributed by atoms with Crippen LogP contribution in [0.15, 0.2) is 5.38 Å². The number of likely N-dealkylation sites (tertiary alicyclic amines) is 1. The number of rotatable bonds is 5. The Kier molecular flexibility index (Phi) is 4.94. The first-order valence-electron chi connectivity index (χ1n) is 6.76. The van der Waals surface area contributed by atoms with Crippen LogP contribution in [0.5, 0.6) is 0 Å². The van der Waals surface area contributed by atoms with Crippen LogP contribution < -0.4 is 5.32 Å². The Morgan fingerprint density at radius 2 is 2.40 bits per heavy atom. The largest absolute Gasteiger partial charge is 0.481 e. The molecule has 1 fully saturated rings. The average molecular weight is 297 g/mol. The molecule has 110 valence electrons. The lowest BCUT2D eigenvalue weighted by Crippen LogP contribution is -2.40. The molecule has 1 saturated heterocycles. The number of carboxylic acids is 1. The van der Waals surface area contributed by atoms with Crippen LogP contribution in [0, 0.1) is 6.92 Å². The Morgan fingerprint density at radius 3 is 3.05 bits per heavy atom. The van der Waals surface area contributed by atoms with E-state index in [9.17, 15) is 9.59 Å². The number of aromatic nitrogens is 1. The molecule has 0 bridgehead atoms. The maximum Gasteiger partial charge on any atom is 0.317 e. The predicted molar refractivity (Wildman–Crippen MR) is 75.8 cm³/mol. The summed E-state index contributed by atoms with van der Waals surface area (Å²) in [7, 11) is 0. The molecule has 2 N–H and O–H groups in total. The highest BCUT2D eigenvalue weighted by molar-refractivity contribution is 7.09. The number of carbonyl (C=O) groups excluding carboxylic acids is 1. The van der Waals surface area contributed by atoms with Gasteiger partial charge in [-0.25, -0.2) is 9.78 Å². The standard InChI is InChI=1S/C13H19N3O3S/c1-9-15-10(8-20-9)11-4-3-7-16(11)13(19)14-6-2-5-12(17)18/h8,11H,2-7H2,1H3,(H,14,19)(H,17,18)/t11-/m1/s1. The number of hydrogen-bond acceptors (Lipinski definition) is 4.